The van der Waals surface area contributed by atoms with Crippen LogP contribution in [0.4, 0.5) is 8.78 Å². The molecule has 0 amide bonds. The molecule has 0 fully saturated rings. The summed E-state index contributed by atoms with van der Waals surface area (Å²) in [6.45, 7) is 0. The van der Waals surface area contributed by atoms with E-state index in [0.717, 1.165) is 28.2 Å². The summed E-state index contributed by atoms with van der Waals surface area (Å²) in [6, 6.07) is 5.18. The van der Waals surface area contributed by atoms with Crippen molar-refractivity contribution in [3.8, 4) is 16.8 Å². The first-order valence-corrected chi connectivity index (χ1v) is 6.44. The third kappa shape index (κ3) is 2.39. The van der Waals surface area contributed by atoms with Crippen molar-refractivity contribution in [2.75, 3.05) is 0 Å². The van der Waals surface area contributed by atoms with Crippen LogP contribution in [0.1, 0.15) is 11.3 Å². The van der Waals surface area contributed by atoms with Gasteiger partial charge in [0.15, 0.2) is 0 Å². The molecule has 3 heterocycles. The summed E-state index contributed by atoms with van der Waals surface area (Å²) in [5, 5.41) is 5.83. The third-order valence-electron chi connectivity index (χ3n) is 2.66. The number of halogens is 2. The Labute approximate surface area is 112 Å². The Morgan fingerprint density at radius 1 is 1.16 bits per heavy atom. The Morgan fingerprint density at radius 2 is 2.05 bits per heavy atom. The van der Waals surface area contributed by atoms with Gasteiger partial charge in [0.05, 0.1) is 16.8 Å². The molecule has 6 heteroatoms. The zero-order valence-corrected chi connectivity index (χ0v) is 10.5. The Hall–Kier alpha value is -2.08. The van der Waals surface area contributed by atoms with Gasteiger partial charge in [-0.15, -0.1) is 11.3 Å². The van der Waals surface area contributed by atoms with E-state index in [1.807, 2.05) is 12.1 Å². The molecule has 0 aliphatic carbocycles. The Bertz CT molecular complexity index is 677. The van der Waals surface area contributed by atoms with Crippen LogP contribution in [0.2, 0.25) is 0 Å². The monoisotopic (exact) mass is 277 g/mol. The van der Waals surface area contributed by atoms with Gasteiger partial charge in [0.2, 0.25) is 0 Å². The van der Waals surface area contributed by atoms with Crippen molar-refractivity contribution in [2.24, 2.45) is 0 Å². The maximum atomic E-state index is 12.6. The first kappa shape index (κ1) is 12.0. The minimum atomic E-state index is -2.43. The summed E-state index contributed by atoms with van der Waals surface area (Å²) >= 11 is 1.06. The standard InChI is InChI=1S/C13H9F2N3S/c14-13(15)12-5-10(8-19-12)9-4-11(7-16-6-9)18-3-1-2-17-18/h1-8,13H. The molecule has 3 nitrogen and oxygen atoms in total. The molecule has 0 spiro atoms. The summed E-state index contributed by atoms with van der Waals surface area (Å²) in [4.78, 5) is 4.20. The zero-order valence-electron chi connectivity index (χ0n) is 9.70. The van der Waals surface area contributed by atoms with Gasteiger partial charge in [-0.3, -0.25) is 4.98 Å². The Balaban J connectivity index is 1.99. The van der Waals surface area contributed by atoms with Gasteiger partial charge in [0.1, 0.15) is 0 Å². The second-order valence-electron chi connectivity index (χ2n) is 3.92. The van der Waals surface area contributed by atoms with E-state index in [2.05, 4.69) is 10.1 Å². The largest absolute Gasteiger partial charge is 0.272 e. The molecular formula is C13H9F2N3S. The van der Waals surface area contributed by atoms with E-state index in [1.165, 1.54) is 6.07 Å². The van der Waals surface area contributed by atoms with Crippen LogP contribution in [-0.4, -0.2) is 14.8 Å². The number of hydrogen-bond donors (Lipinski definition) is 0. The second kappa shape index (κ2) is 4.89. The first-order valence-electron chi connectivity index (χ1n) is 5.56. The van der Waals surface area contributed by atoms with E-state index in [1.54, 1.807) is 34.8 Å². The summed E-state index contributed by atoms with van der Waals surface area (Å²) in [5.74, 6) is 0. The topological polar surface area (TPSA) is 30.7 Å². The molecule has 0 radical (unpaired) electrons. The van der Waals surface area contributed by atoms with Crippen molar-refractivity contribution in [1.29, 1.82) is 0 Å². The van der Waals surface area contributed by atoms with Crippen LogP contribution in [0.3, 0.4) is 0 Å². The lowest BCUT2D eigenvalue weighted by Crippen LogP contribution is -1.95. The van der Waals surface area contributed by atoms with E-state index in [9.17, 15) is 8.78 Å². The van der Waals surface area contributed by atoms with Crippen LogP contribution in [0.25, 0.3) is 16.8 Å². The van der Waals surface area contributed by atoms with Crippen LogP contribution < -0.4 is 0 Å². The van der Waals surface area contributed by atoms with Gasteiger partial charge >= 0.3 is 0 Å². The van der Waals surface area contributed by atoms with Crippen LogP contribution in [0, 0.1) is 0 Å². The molecule has 0 aliphatic rings. The third-order valence-corrected chi connectivity index (χ3v) is 3.60. The molecule has 0 aliphatic heterocycles. The highest BCUT2D eigenvalue weighted by atomic mass is 32.1. The average molecular weight is 277 g/mol. The number of rotatable bonds is 3. The molecule has 3 aromatic rings. The van der Waals surface area contributed by atoms with Crippen LogP contribution >= 0.6 is 11.3 Å². The van der Waals surface area contributed by atoms with Gasteiger partial charge in [-0.1, -0.05) is 0 Å². The van der Waals surface area contributed by atoms with Crippen molar-refractivity contribution in [2.45, 2.75) is 6.43 Å². The maximum Gasteiger partial charge on any atom is 0.272 e. The van der Waals surface area contributed by atoms with E-state index < -0.39 is 6.43 Å². The number of thiophene rings is 1. The normalized spacial score (nSPS) is 11.1. The van der Waals surface area contributed by atoms with Gasteiger partial charge < -0.3 is 0 Å². The molecule has 0 bridgehead atoms. The zero-order chi connectivity index (χ0) is 13.2. The molecule has 0 unspecified atom stereocenters. The summed E-state index contributed by atoms with van der Waals surface area (Å²) in [5.41, 5.74) is 2.35. The fourth-order valence-electron chi connectivity index (χ4n) is 1.75. The fraction of sp³-hybridized carbons (Fsp3) is 0.0769. The molecule has 0 saturated heterocycles. The summed E-state index contributed by atoms with van der Waals surface area (Å²) < 4.78 is 26.8. The fourth-order valence-corrected chi connectivity index (χ4v) is 2.52. The SMILES string of the molecule is FC(F)c1cc(-c2cncc(-n3cccn3)c2)cs1. The maximum absolute atomic E-state index is 12.6. The lowest BCUT2D eigenvalue weighted by atomic mass is 10.1. The number of hydrogen-bond acceptors (Lipinski definition) is 3. The molecule has 96 valence electrons. The number of aromatic nitrogens is 3. The van der Waals surface area contributed by atoms with E-state index in [0.29, 0.717) is 0 Å². The highest BCUT2D eigenvalue weighted by Crippen LogP contribution is 2.31. The highest BCUT2D eigenvalue weighted by molar-refractivity contribution is 7.10. The van der Waals surface area contributed by atoms with Gasteiger partial charge in [-0.2, -0.15) is 5.10 Å². The van der Waals surface area contributed by atoms with Crippen molar-refractivity contribution >= 4 is 11.3 Å². The van der Waals surface area contributed by atoms with Crippen LogP contribution in [-0.2, 0) is 0 Å². The lowest BCUT2D eigenvalue weighted by Gasteiger charge is -2.03. The molecule has 3 aromatic heterocycles. The Kier molecular flexibility index (Phi) is 3.08. The van der Waals surface area contributed by atoms with Crippen LogP contribution in [0.15, 0.2) is 48.4 Å². The van der Waals surface area contributed by atoms with Crippen molar-refractivity contribution in [3.05, 3.63) is 53.2 Å². The highest BCUT2D eigenvalue weighted by Gasteiger charge is 2.11. The molecule has 3 rings (SSSR count). The minimum Gasteiger partial charge on any atom is -0.262 e. The molecule has 0 N–H and O–H groups in total. The number of pyridine rings is 1. The second-order valence-corrected chi connectivity index (χ2v) is 4.86. The Morgan fingerprint density at radius 3 is 2.74 bits per heavy atom. The number of nitrogens with zero attached hydrogens (tertiary/aromatic N) is 3. The van der Waals surface area contributed by atoms with Gasteiger partial charge in [0, 0.05) is 24.2 Å². The van der Waals surface area contributed by atoms with E-state index >= 15 is 0 Å². The molecule has 0 aromatic carbocycles. The van der Waals surface area contributed by atoms with Crippen molar-refractivity contribution in [3.63, 3.8) is 0 Å². The quantitative estimate of drug-likeness (QED) is 0.726. The number of alkyl halides is 2. The lowest BCUT2D eigenvalue weighted by molar-refractivity contribution is 0.155. The smallest absolute Gasteiger partial charge is 0.262 e. The van der Waals surface area contributed by atoms with Crippen molar-refractivity contribution in [1.82, 2.24) is 14.8 Å². The molecule has 0 atom stereocenters. The van der Waals surface area contributed by atoms with Crippen molar-refractivity contribution < 1.29 is 8.78 Å². The summed E-state index contributed by atoms with van der Waals surface area (Å²) in [6.07, 6.45) is 4.38. The predicted octanol–water partition coefficient (Wildman–Crippen LogP) is 3.93. The van der Waals surface area contributed by atoms with E-state index in [-0.39, 0.29) is 4.88 Å². The average Bonchev–Trinajstić information content (AvgIpc) is 3.10. The van der Waals surface area contributed by atoms with E-state index in [4.69, 9.17) is 0 Å². The summed E-state index contributed by atoms with van der Waals surface area (Å²) in [7, 11) is 0. The van der Waals surface area contributed by atoms with Gasteiger partial charge in [-0.05, 0) is 29.1 Å². The molecular weight excluding hydrogens is 268 g/mol. The molecule has 0 saturated carbocycles. The minimum absolute atomic E-state index is 0.0690. The van der Waals surface area contributed by atoms with Crippen LogP contribution in [0.5, 0.6) is 0 Å². The van der Waals surface area contributed by atoms with Gasteiger partial charge in [-0.25, -0.2) is 13.5 Å². The predicted molar refractivity (Wildman–Crippen MR) is 69.6 cm³/mol. The molecule has 19 heavy (non-hydrogen) atoms. The van der Waals surface area contributed by atoms with Gasteiger partial charge in [0.25, 0.3) is 6.43 Å². The first-order chi connectivity index (χ1) is 9.24.